The van der Waals surface area contributed by atoms with Crippen LogP contribution in [0, 0.1) is 5.41 Å². The first-order chi connectivity index (χ1) is 13.8. The van der Waals surface area contributed by atoms with Gasteiger partial charge in [0, 0.05) is 0 Å². The van der Waals surface area contributed by atoms with E-state index in [0.717, 1.165) is 11.5 Å². The fourth-order valence-corrected chi connectivity index (χ4v) is 3.59. The second kappa shape index (κ2) is 7.17. The van der Waals surface area contributed by atoms with E-state index in [2.05, 4.69) is 48.5 Å². The van der Waals surface area contributed by atoms with Gasteiger partial charge < -0.3 is 14.2 Å². The van der Waals surface area contributed by atoms with Gasteiger partial charge in [-0.1, -0.05) is 60.7 Å². The standard InChI is InChI=1S/C25H22O3/c1-3-7-21-13-23(11-9-19(21)5-1)27-17-25(15-26-16-25)18-28-24-12-10-20-6-2-4-8-22(20)14-24/h1-14H,15-18H2. The summed E-state index contributed by atoms with van der Waals surface area (Å²) in [6.07, 6.45) is 0. The van der Waals surface area contributed by atoms with Crippen molar-refractivity contribution in [1.82, 2.24) is 0 Å². The Morgan fingerprint density at radius 1 is 0.607 bits per heavy atom. The molecule has 0 amide bonds. The molecule has 1 aliphatic heterocycles. The van der Waals surface area contributed by atoms with Gasteiger partial charge in [-0.3, -0.25) is 0 Å². The molecule has 0 atom stereocenters. The van der Waals surface area contributed by atoms with Crippen molar-refractivity contribution in [2.45, 2.75) is 0 Å². The van der Waals surface area contributed by atoms with Gasteiger partial charge >= 0.3 is 0 Å². The number of fused-ring (bicyclic) bond motifs is 2. The average molecular weight is 370 g/mol. The number of ether oxygens (including phenoxy) is 3. The van der Waals surface area contributed by atoms with E-state index in [1.807, 2.05) is 36.4 Å². The van der Waals surface area contributed by atoms with Crippen LogP contribution >= 0.6 is 0 Å². The predicted octanol–water partition coefficient (Wildman–Crippen LogP) is 5.47. The van der Waals surface area contributed by atoms with Gasteiger partial charge in [0.2, 0.25) is 0 Å². The van der Waals surface area contributed by atoms with Gasteiger partial charge in [0.15, 0.2) is 0 Å². The molecule has 0 unspecified atom stereocenters. The Morgan fingerprint density at radius 3 is 1.50 bits per heavy atom. The van der Waals surface area contributed by atoms with Crippen LogP contribution in [0.4, 0.5) is 0 Å². The molecule has 0 aromatic heterocycles. The zero-order chi connectivity index (χ0) is 18.8. The number of rotatable bonds is 6. The summed E-state index contributed by atoms with van der Waals surface area (Å²) in [4.78, 5) is 0. The van der Waals surface area contributed by atoms with Crippen molar-refractivity contribution in [1.29, 1.82) is 0 Å². The van der Waals surface area contributed by atoms with E-state index in [4.69, 9.17) is 14.2 Å². The Labute approximate surface area is 164 Å². The van der Waals surface area contributed by atoms with Crippen LogP contribution in [0.2, 0.25) is 0 Å². The molecule has 0 spiro atoms. The summed E-state index contributed by atoms with van der Waals surface area (Å²) in [7, 11) is 0. The monoisotopic (exact) mass is 370 g/mol. The minimum absolute atomic E-state index is 0.0999. The lowest BCUT2D eigenvalue weighted by molar-refractivity contribution is -0.148. The van der Waals surface area contributed by atoms with Crippen LogP contribution in [0.3, 0.4) is 0 Å². The summed E-state index contributed by atoms with van der Waals surface area (Å²) < 4.78 is 17.7. The molecule has 5 rings (SSSR count). The van der Waals surface area contributed by atoms with Gasteiger partial charge in [0.25, 0.3) is 0 Å². The van der Waals surface area contributed by atoms with Crippen LogP contribution in [0.1, 0.15) is 0 Å². The molecule has 140 valence electrons. The zero-order valence-corrected chi connectivity index (χ0v) is 15.6. The number of hydrogen-bond donors (Lipinski definition) is 0. The fourth-order valence-electron chi connectivity index (χ4n) is 3.59. The van der Waals surface area contributed by atoms with E-state index in [9.17, 15) is 0 Å². The van der Waals surface area contributed by atoms with Crippen molar-refractivity contribution in [2.24, 2.45) is 5.41 Å². The van der Waals surface area contributed by atoms with Gasteiger partial charge in [0.05, 0.1) is 18.6 Å². The third kappa shape index (κ3) is 3.41. The molecule has 4 aromatic carbocycles. The molecular formula is C25H22O3. The maximum Gasteiger partial charge on any atom is 0.119 e. The summed E-state index contributed by atoms with van der Waals surface area (Å²) in [5.41, 5.74) is -0.0999. The predicted molar refractivity (Wildman–Crippen MR) is 112 cm³/mol. The van der Waals surface area contributed by atoms with Gasteiger partial charge in [-0.2, -0.15) is 0 Å². The Morgan fingerprint density at radius 2 is 1.07 bits per heavy atom. The van der Waals surface area contributed by atoms with Crippen LogP contribution in [0.25, 0.3) is 21.5 Å². The lowest BCUT2D eigenvalue weighted by atomic mass is 9.88. The van der Waals surface area contributed by atoms with E-state index >= 15 is 0 Å². The van der Waals surface area contributed by atoms with Crippen LogP contribution in [-0.4, -0.2) is 26.4 Å². The lowest BCUT2D eigenvalue weighted by Crippen LogP contribution is -2.51. The van der Waals surface area contributed by atoms with Crippen LogP contribution < -0.4 is 9.47 Å². The Balaban J connectivity index is 1.26. The summed E-state index contributed by atoms with van der Waals surface area (Å²) in [6.45, 7) is 2.49. The molecule has 0 radical (unpaired) electrons. The smallest absolute Gasteiger partial charge is 0.119 e. The van der Waals surface area contributed by atoms with Gasteiger partial charge in [0.1, 0.15) is 24.7 Å². The summed E-state index contributed by atoms with van der Waals surface area (Å²) in [6, 6.07) is 29.0. The third-order valence-corrected chi connectivity index (χ3v) is 5.35. The van der Waals surface area contributed by atoms with Crippen molar-refractivity contribution in [3.05, 3.63) is 84.9 Å². The van der Waals surface area contributed by atoms with E-state index in [-0.39, 0.29) is 5.41 Å². The fraction of sp³-hybridized carbons (Fsp3) is 0.200. The second-order valence-corrected chi connectivity index (χ2v) is 7.59. The highest BCUT2D eigenvalue weighted by Gasteiger charge is 2.40. The van der Waals surface area contributed by atoms with Gasteiger partial charge in [-0.15, -0.1) is 0 Å². The maximum absolute atomic E-state index is 6.12. The van der Waals surface area contributed by atoms with Crippen molar-refractivity contribution in [2.75, 3.05) is 26.4 Å². The van der Waals surface area contributed by atoms with Crippen LogP contribution in [0.15, 0.2) is 84.9 Å². The van der Waals surface area contributed by atoms with Crippen molar-refractivity contribution in [3.63, 3.8) is 0 Å². The zero-order valence-electron chi connectivity index (χ0n) is 15.6. The third-order valence-electron chi connectivity index (χ3n) is 5.35. The first-order valence-corrected chi connectivity index (χ1v) is 9.61. The molecular weight excluding hydrogens is 348 g/mol. The average Bonchev–Trinajstić information content (AvgIpc) is 2.72. The Hall–Kier alpha value is -3.04. The van der Waals surface area contributed by atoms with E-state index in [0.29, 0.717) is 26.4 Å². The molecule has 0 saturated carbocycles. The van der Waals surface area contributed by atoms with E-state index in [1.54, 1.807) is 0 Å². The quantitative estimate of drug-likeness (QED) is 0.451. The maximum atomic E-state index is 6.12. The van der Waals surface area contributed by atoms with Gasteiger partial charge in [-0.25, -0.2) is 0 Å². The molecule has 0 bridgehead atoms. The molecule has 4 aromatic rings. The Kier molecular flexibility index (Phi) is 4.38. The minimum Gasteiger partial charge on any atom is -0.493 e. The van der Waals surface area contributed by atoms with Crippen LogP contribution in [-0.2, 0) is 4.74 Å². The Bertz CT molecular complexity index is 1030. The lowest BCUT2D eigenvalue weighted by Gasteiger charge is -2.40. The highest BCUT2D eigenvalue weighted by atomic mass is 16.5. The highest BCUT2D eigenvalue weighted by molar-refractivity contribution is 5.84. The largest absolute Gasteiger partial charge is 0.493 e. The van der Waals surface area contributed by atoms with E-state index in [1.165, 1.54) is 21.5 Å². The molecule has 1 heterocycles. The summed E-state index contributed by atoms with van der Waals surface area (Å²) in [5.74, 6) is 1.77. The first-order valence-electron chi connectivity index (χ1n) is 9.61. The molecule has 1 saturated heterocycles. The minimum atomic E-state index is -0.0999. The molecule has 0 aliphatic carbocycles. The second-order valence-electron chi connectivity index (χ2n) is 7.59. The van der Waals surface area contributed by atoms with Crippen LogP contribution in [0.5, 0.6) is 11.5 Å². The molecule has 1 aliphatic rings. The molecule has 3 nitrogen and oxygen atoms in total. The molecule has 0 N–H and O–H groups in total. The summed E-state index contributed by atoms with van der Waals surface area (Å²) in [5, 5.41) is 4.81. The number of hydrogen-bond acceptors (Lipinski definition) is 3. The van der Waals surface area contributed by atoms with Crippen molar-refractivity contribution >= 4 is 21.5 Å². The molecule has 28 heavy (non-hydrogen) atoms. The molecule has 1 fully saturated rings. The normalized spacial score (nSPS) is 15.3. The van der Waals surface area contributed by atoms with Crippen molar-refractivity contribution < 1.29 is 14.2 Å². The highest BCUT2D eigenvalue weighted by Crippen LogP contribution is 2.31. The SMILES string of the molecule is c1ccc2cc(OCC3(COc4ccc5ccccc5c4)COC3)ccc2c1. The first kappa shape index (κ1) is 17.1. The topological polar surface area (TPSA) is 27.7 Å². The van der Waals surface area contributed by atoms with Crippen molar-refractivity contribution in [3.8, 4) is 11.5 Å². The van der Waals surface area contributed by atoms with E-state index < -0.39 is 0 Å². The number of benzene rings is 4. The molecule has 3 heteroatoms. The van der Waals surface area contributed by atoms with Gasteiger partial charge in [-0.05, 0) is 45.8 Å². The summed E-state index contributed by atoms with van der Waals surface area (Å²) >= 11 is 0.